The third-order valence-corrected chi connectivity index (χ3v) is 5.66. The van der Waals surface area contributed by atoms with Crippen LogP contribution < -0.4 is 4.90 Å². The third-order valence-electron chi connectivity index (χ3n) is 5.66. The van der Waals surface area contributed by atoms with Gasteiger partial charge >= 0.3 is 0 Å². The number of nitrogens with zero attached hydrogens (tertiary/aromatic N) is 1. The molecule has 29 heavy (non-hydrogen) atoms. The SMILES string of the molecule is CC(C)(C)CC(c1ccc(N(C2=CCCC=C2)c2ccccc2)cc1)C(C)(C)C. The van der Waals surface area contributed by atoms with Crippen LogP contribution in [-0.2, 0) is 0 Å². The summed E-state index contributed by atoms with van der Waals surface area (Å²) in [5, 5.41) is 0. The highest BCUT2D eigenvalue weighted by Gasteiger charge is 2.30. The molecule has 1 aliphatic carbocycles. The Morgan fingerprint density at radius 1 is 0.793 bits per heavy atom. The molecule has 2 aromatic rings. The van der Waals surface area contributed by atoms with Crippen molar-refractivity contribution in [1.82, 2.24) is 0 Å². The molecule has 1 nitrogen and oxygen atoms in total. The molecule has 1 heteroatoms. The molecular weight excluding hydrogens is 350 g/mol. The minimum atomic E-state index is 0.239. The maximum Gasteiger partial charge on any atom is 0.0461 e. The van der Waals surface area contributed by atoms with Gasteiger partial charge < -0.3 is 4.90 Å². The Balaban J connectivity index is 1.97. The highest BCUT2D eigenvalue weighted by Crippen LogP contribution is 2.43. The summed E-state index contributed by atoms with van der Waals surface area (Å²) in [4.78, 5) is 2.37. The quantitative estimate of drug-likeness (QED) is 0.496. The zero-order chi connectivity index (χ0) is 21.1. The molecule has 0 spiro atoms. The van der Waals surface area contributed by atoms with Gasteiger partial charge in [0.15, 0.2) is 0 Å². The number of para-hydroxylation sites is 1. The Kier molecular flexibility index (Phi) is 6.36. The first-order chi connectivity index (χ1) is 13.6. The summed E-state index contributed by atoms with van der Waals surface area (Å²) in [6, 6.07) is 20.0. The molecule has 0 saturated carbocycles. The molecule has 3 rings (SSSR count). The predicted octanol–water partition coefficient (Wildman–Crippen LogP) is 8.62. The molecule has 2 aromatic carbocycles. The van der Waals surface area contributed by atoms with Crippen LogP contribution in [0.3, 0.4) is 0 Å². The van der Waals surface area contributed by atoms with E-state index in [0.717, 1.165) is 12.8 Å². The molecule has 0 bridgehead atoms. The molecule has 154 valence electrons. The lowest BCUT2D eigenvalue weighted by Gasteiger charge is -2.36. The molecule has 1 aliphatic rings. The third kappa shape index (κ3) is 5.63. The monoisotopic (exact) mass is 387 g/mol. The second kappa shape index (κ2) is 8.61. The fraction of sp³-hybridized carbons (Fsp3) is 0.429. The highest BCUT2D eigenvalue weighted by atomic mass is 15.1. The molecular formula is C28H37N. The van der Waals surface area contributed by atoms with E-state index >= 15 is 0 Å². The van der Waals surface area contributed by atoms with Gasteiger partial charge in [0.25, 0.3) is 0 Å². The number of anilines is 2. The molecule has 0 heterocycles. The van der Waals surface area contributed by atoms with Gasteiger partial charge in [-0.15, -0.1) is 0 Å². The van der Waals surface area contributed by atoms with Crippen molar-refractivity contribution in [3.8, 4) is 0 Å². The summed E-state index contributed by atoms with van der Waals surface area (Å²) >= 11 is 0. The molecule has 0 fully saturated rings. The van der Waals surface area contributed by atoms with Crippen molar-refractivity contribution < 1.29 is 0 Å². The normalized spacial score (nSPS) is 15.7. The predicted molar refractivity (Wildman–Crippen MR) is 128 cm³/mol. The smallest absolute Gasteiger partial charge is 0.0461 e. The molecule has 0 amide bonds. The molecule has 0 aliphatic heterocycles. The van der Waals surface area contributed by atoms with Gasteiger partial charge in [-0.2, -0.15) is 0 Å². The Labute approximate surface area is 178 Å². The van der Waals surface area contributed by atoms with E-state index in [1.54, 1.807) is 0 Å². The molecule has 0 saturated heterocycles. The Bertz CT molecular complexity index is 842. The van der Waals surface area contributed by atoms with Gasteiger partial charge in [0.1, 0.15) is 0 Å². The minimum absolute atomic E-state index is 0.239. The second-order valence-corrected chi connectivity index (χ2v) is 10.6. The van der Waals surface area contributed by atoms with Crippen LogP contribution in [0.15, 0.2) is 78.5 Å². The van der Waals surface area contributed by atoms with Crippen molar-refractivity contribution in [3.63, 3.8) is 0 Å². The van der Waals surface area contributed by atoms with E-state index in [9.17, 15) is 0 Å². The highest BCUT2D eigenvalue weighted by molar-refractivity contribution is 5.70. The van der Waals surface area contributed by atoms with E-state index in [2.05, 4.69) is 119 Å². The van der Waals surface area contributed by atoms with E-state index in [4.69, 9.17) is 0 Å². The first-order valence-corrected chi connectivity index (χ1v) is 11.0. The summed E-state index contributed by atoms with van der Waals surface area (Å²) in [5.41, 5.74) is 5.68. The fourth-order valence-electron chi connectivity index (χ4n) is 4.18. The van der Waals surface area contributed by atoms with Crippen LogP contribution in [0.2, 0.25) is 0 Å². The summed E-state index contributed by atoms with van der Waals surface area (Å²) < 4.78 is 0. The first kappa shape index (κ1) is 21.4. The Morgan fingerprint density at radius 3 is 1.93 bits per heavy atom. The van der Waals surface area contributed by atoms with E-state index in [1.807, 2.05) is 0 Å². The lowest BCUT2D eigenvalue weighted by molar-refractivity contribution is 0.229. The van der Waals surface area contributed by atoms with Crippen molar-refractivity contribution in [2.45, 2.75) is 66.7 Å². The van der Waals surface area contributed by atoms with Gasteiger partial charge in [0, 0.05) is 17.1 Å². The van der Waals surface area contributed by atoms with Crippen molar-refractivity contribution >= 4 is 11.4 Å². The van der Waals surface area contributed by atoms with Crippen molar-refractivity contribution in [3.05, 3.63) is 84.1 Å². The van der Waals surface area contributed by atoms with E-state index < -0.39 is 0 Å². The zero-order valence-electron chi connectivity index (χ0n) is 19.1. The summed E-state index contributed by atoms with van der Waals surface area (Å²) in [7, 11) is 0. The summed E-state index contributed by atoms with van der Waals surface area (Å²) in [6.45, 7) is 14.1. The standard InChI is InChI=1S/C28H37N/c1-27(2,3)21-26(28(4,5)6)22-17-19-25(20-18-22)29(23-13-9-7-10-14-23)24-15-11-8-12-16-24/h7,9-11,13-20,26H,8,12,21H2,1-6H3. The first-order valence-electron chi connectivity index (χ1n) is 11.0. The minimum Gasteiger partial charge on any atom is -0.311 e. The van der Waals surface area contributed by atoms with Crippen LogP contribution in [-0.4, -0.2) is 0 Å². The zero-order valence-corrected chi connectivity index (χ0v) is 19.1. The average molecular weight is 388 g/mol. The van der Waals surface area contributed by atoms with Crippen LogP contribution in [0, 0.1) is 10.8 Å². The number of hydrogen-bond donors (Lipinski definition) is 0. The van der Waals surface area contributed by atoms with Crippen molar-refractivity contribution in [2.75, 3.05) is 4.90 Å². The van der Waals surface area contributed by atoms with E-state index in [-0.39, 0.29) is 5.41 Å². The van der Waals surface area contributed by atoms with E-state index in [0.29, 0.717) is 11.3 Å². The number of rotatable bonds is 5. The molecule has 1 unspecified atom stereocenters. The number of benzene rings is 2. The van der Waals surface area contributed by atoms with Gasteiger partial charge in [-0.25, -0.2) is 0 Å². The lowest BCUT2D eigenvalue weighted by atomic mass is 9.69. The number of hydrogen-bond acceptors (Lipinski definition) is 1. The number of allylic oxidation sites excluding steroid dienone is 3. The second-order valence-electron chi connectivity index (χ2n) is 10.6. The van der Waals surface area contributed by atoms with Gasteiger partial charge in [-0.1, -0.05) is 84.0 Å². The average Bonchev–Trinajstić information content (AvgIpc) is 2.67. The van der Waals surface area contributed by atoms with Crippen molar-refractivity contribution in [1.29, 1.82) is 0 Å². The largest absolute Gasteiger partial charge is 0.311 e. The molecule has 0 aromatic heterocycles. The lowest BCUT2D eigenvalue weighted by Crippen LogP contribution is -2.24. The Morgan fingerprint density at radius 2 is 1.41 bits per heavy atom. The van der Waals surface area contributed by atoms with Crippen LogP contribution in [0.4, 0.5) is 11.4 Å². The van der Waals surface area contributed by atoms with E-state index in [1.165, 1.54) is 29.1 Å². The fourth-order valence-corrected chi connectivity index (χ4v) is 4.18. The van der Waals surface area contributed by atoms with Crippen LogP contribution >= 0.6 is 0 Å². The van der Waals surface area contributed by atoms with Crippen molar-refractivity contribution in [2.24, 2.45) is 10.8 Å². The topological polar surface area (TPSA) is 3.24 Å². The summed E-state index contributed by atoms with van der Waals surface area (Å²) in [5.74, 6) is 0.538. The molecule has 1 atom stereocenters. The van der Waals surface area contributed by atoms with Crippen LogP contribution in [0.1, 0.15) is 72.3 Å². The van der Waals surface area contributed by atoms with Gasteiger partial charge in [-0.05, 0) is 71.9 Å². The van der Waals surface area contributed by atoms with Crippen LogP contribution in [0.25, 0.3) is 0 Å². The van der Waals surface area contributed by atoms with Gasteiger partial charge in [0.05, 0.1) is 0 Å². The van der Waals surface area contributed by atoms with Gasteiger partial charge in [0.2, 0.25) is 0 Å². The van der Waals surface area contributed by atoms with Gasteiger partial charge in [-0.3, -0.25) is 0 Å². The molecule has 0 radical (unpaired) electrons. The van der Waals surface area contributed by atoms with Crippen LogP contribution in [0.5, 0.6) is 0 Å². The summed E-state index contributed by atoms with van der Waals surface area (Å²) in [6.07, 6.45) is 10.3. The maximum absolute atomic E-state index is 2.37. The Hall–Kier alpha value is -2.28. The maximum atomic E-state index is 2.37. The molecule has 0 N–H and O–H groups in total.